The van der Waals surface area contributed by atoms with Gasteiger partial charge in [-0.3, -0.25) is 14.4 Å². The van der Waals surface area contributed by atoms with Gasteiger partial charge in [0.15, 0.2) is 0 Å². The molecule has 0 unspecified atom stereocenters. The Balaban J connectivity index is 1.22. The summed E-state index contributed by atoms with van der Waals surface area (Å²) in [6, 6.07) is 12.3. The van der Waals surface area contributed by atoms with Crippen molar-refractivity contribution < 1.29 is 28.6 Å². The molecule has 2 N–H and O–H groups in total. The summed E-state index contributed by atoms with van der Waals surface area (Å²) < 4.78 is 17.6. The van der Waals surface area contributed by atoms with Crippen molar-refractivity contribution in [2.45, 2.75) is 69.6 Å². The molecule has 2 aromatic rings. The van der Waals surface area contributed by atoms with Gasteiger partial charge in [-0.15, -0.1) is 0 Å². The first-order valence-electron chi connectivity index (χ1n) is 13.9. The summed E-state index contributed by atoms with van der Waals surface area (Å²) in [4.78, 5) is 40.7. The minimum Gasteiger partial charge on any atom is -0.497 e. The van der Waals surface area contributed by atoms with E-state index in [1.807, 2.05) is 18.2 Å². The first kappa shape index (κ1) is 27.0. The molecule has 0 bridgehead atoms. The molecule has 3 amide bonds. The van der Waals surface area contributed by atoms with Gasteiger partial charge in [-0.2, -0.15) is 0 Å². The number of likely N-dealkylation sites (N-methyl/N-ethyl adjacent to an activating group) is 1. The van der Waals surface area contributed by atoms with Crippen LogP contribution in [0.1, 0.15) is 61.7 Å². The summed E-state index contributed by atoms with van der Waals surface area (Å²) in [6.07, 6.45) is 6.08. The first-order valence-corrected chi connectivity index (χ1v) is 13.9. The Bertz CT molecular complexity index is 1210. The van der Waals surface area contributed by atoms with E-state index in [2.05, 4.69) is 10.6 Å². The van der Waals surface area contributed by atoms with E-state index in [-0.39, 0.29) is 54.9 Å². The maximum Gasteiger partial charge on any atom is 0.257 e. The molecular formula is C30H37N3O6. The fourth-order valence-corrected chi connectivity index (χ4v) is 5.83. The van der Waals surface area contributed by atoms with Crippen molar-refractivity contribution in [3.05, 3.63) is 48.0 Å². The lowest BCUT2D eigenvalue weighted by Crippen LogP contribution is -2.53. The fourth-order valence-electron chi connectivity index (χ4n) is 5.83. The van der Waals surface area contributed by atoms with Crippen molar-refractivity contribution >= 4 is 29.1 Å². The van der Waals surface area contributed by atoms with Gasteiger partial charge in [0, 0.05) is 30.4 Å². The second-order valence-electron chi connectivity index (χ2n) is 10.7. The molecule has 9 nitrogen and oxygen atoms in total. The van der Waals surface area contributed by atoms with Crippen LogP contribution in [-0.4, -0.2) is 61.6 Å². The zero-order valence-electron chi connectivity index (χ0n) is 22.6. The van der Waals surface area contributed by atoms with E-state index in [1.165, 1.54) is 6.42 Å². The van der Waals surface area contributed by atoms with Gasteiger partial charge in [-0.05, 0) is 56.0 Å². The number of rotatable bonds is 6. The van der Waals surface area contributed by atoms with Crippen LogP contribution in [0, 0.1) is 5.92 Å². The van der Waals surface area contributed by atoms with Crippen LogP contribution in [0.15, 0.2) is 42.5 Å². The van der Waals surface area contributed by atoms with E-state index in [1.54, 1.807) is 43.3 Å². The monoisotopic (exact) mass is 535 g/mol. The quantitative estimate of drug-likeness (QED) is 0.559. The highest BCUT2D eigenvalue weighted by Gasteiger charge is 2.39. The standard InChI is InChI=1S/C30H37N3O6/c1-33-25-13-12-23(17-28(34)31-20-9-6-10-22(15-20)37-2)39-27(25)18-38-26-14-11-21(16-24(26)30(33)36)32-29(35)19-7-4-3-5-8-19/h6,9-11,14-16,19,23,25,27H,3-5,7-8,12-13,17-18H2,1-2H3,(H,31,34)(H,32,35)/t23-,25-,27+/m1/s1. The Kier molecular flexibility index (Phi) is 8.35. The van der Waals surface area contributed by atoms with Crippen molar-refractivity contribution in [2.24, 2.45) is 5.92 Å². The van der Waals surface area contributed by atoms with Crippen LogP contribution in [0.2, 0.25) is 0 Å². The van der Waals surface area contributed by atoms with Gasteiger partial charge in [0.1, 0.15) is 24.2 Å². The molecule has 3 aliphatic rings. The van der Waals surface area contributed by atoms with Gasteiger partial charge in [0.25, 0.3) is 5.91 Å². The number of nitrogens with one attached hydrogen (secondary N) is 2. The second-order valence-corrected chi connectivity index (χ2v) is 10.7. The molecule has 2 aliphatic heterocycles. The minimum absolute atomic E-state index is 0.0180. The number of carbonyl (C=O) groups is 3. The third kappa shape index (κ3) is 6.36. The van der Waals surface area contributed by atoms with Crippen molar-refractivity contribution in [2.75, 3.05) is 31.4 Å². The SMILES string of the molecule is COc1cccc(NC(=O)C[C@H]2CC[C@@H]3[C@H](COc4ccc(NC(=O)C5CCCCC5)cc4C(=O)N3C)O2)c1. The molecule has 208 valence electrons. The van der Waals surface area contributed by atoms with Crippen molar-refractivity contribution in [1.29, 1.82) is 0 Å². The normalized spacial score (nSPS) is 23.4. The largest absolute Gasteiger partial charge is 0.497 e. The third-order valence-electron chi connectivity index (χ3n) is 8.02. The van der Waals surface area contributed by atoms with E-state index in [4.69, 9.17) is 14.2 Å². The van der Waals surface area contributed by atoms with Crippen molar-refractivity contribution in [1.82, 2.24) is 4.90 Å². The van der Waals surface area contributed by atoms with Crippen LogP contribution in [0.4, 0.5) is 11.4 Å². The highest BCUT2D eigenvalue weighted by molar-refractivity contribution is 6.00. The molecule has 1 saturated heterocycles. The second kappa shape index (κ2) is 12.1. The average Bonchev–Trinajstić information content (AvgIpc) is 2.95. The Morgan fingerprint density at radius 1 is 1.00 bits per heavy atom. The number of amides is 3. The first-order chi connectivity index (χ1) is 18.9. The highest BCUT2D eigenvalue weighted by Crippen LogP contribution is 2.33. The molecule has 2 fully saturated rings. The number of fused-ring (bicyclic) bond motifs is 2. The number of ether oxygens (including phenoxy) is 3. The Labute approximate surface area is 229 Å². The molecule has 0 spiro atoms. The van der Waals surface area contributed by atoms with Gasteiger partial charge < -0.3 is 29.7 Å². The zero-order valence-corrected chi connectivity index (χ0v) is 22.6. The molecule has 2 heterocycles. The van der Waals surface area contributed by atoms with Gasteiger partial charge in [0.05, 0.1) is 31.2 Å². The average molecular weight is 536 g/mol. The van der Waals surface area contributed by atoms with E-state index in [9.17, 15) is 14.4 Å². The fraction of sp³-hybridized carbons (Fsp3) is 0.500. The van der Waals surface area contributed by atoms with Crippen LogP contribution in [0.5, 0.6) is 11.5 Å². The van der Waals surface area contributed by atoms with Crippen LogP contribution in [-0.2, 0) is 14.3 Å². The Morgan fingerprint density at radius 2 is 1.79 bits per heavy atom. The highest BCUT2D eigenvalue weighted by atomic mass is 16.5. The topological polar surface area (TPSA) is 106 Å². The number of anilines is 2. The molecule has 39 heavy (non-hydrogen) atoms. The predicted octanol–water partition coefficient (Wildman–Crippen LogP) is 4.62. The summed E-state index contributed by atoms with van der Waals surface area (Å²) in [5.41, 5.74) is 1.70. The third-order valence-corrected chi connectivity index (χ3v) is 8.02. The van der Waals surface area contributed by atoms with E-state index in [0.717, 1.165) is 25.7 Å². The molecule has 1 aliphatic carbocycles. The number of methoxy groups -OCH3 is 1. The summed E-state index contributed by atoms with van der Waals surface area (Å²) in [7, 11) is 3.36. The van der Waals surface area contributed by atoms with Crippen LogP contribution >= 0.6 is 0 Å². The molecule has 1 saturated carbocycles. The van der Waals surface area contributed by atoms with Gasteiger partial charge in [-0.1, -0.05) is 25.3 Å². The van der Waals surface area contributed by atoms with Crippen LogP contribution < -0.4 is 20.1 Å². The zero-order chi connectivity index (χ0) is 27.4. The lowest BCUT2D eigenvalue weighted by molar-refractivity contribution is -0.130. The molecule has 3 atom stereocenters. The van der Waals surface area contributed by atoms with Crippen molar-refractivity contribution in [3.63, 3.8) is 0 Å². The number of benzene rings is 2. The van der Waals surface area contributed by atoms with E-state index >= 15 is 0 Å². The molecule has 0 radical (unpaired) electrons. The molecule has 5 rings (SSSR count). The van der Waals surface area contributed by atoms with Crippen LogP contribution in [0.25, 0.3) is 0 Å². The summed E-state index contributed by atoms with van der Waals surface area (Å²) in [5.74, 6) is 0.859. The lowest BCUT2D eigenvalue weighted by Gasteiger charge is -2.42. The number of hydrogen-bond acceptors (Lipinski definition) is 6. The summed E-state index contributed by atoms with van der Waals surface area (Å²) in [5, 5.41) is 5.90. The Hall–Kier alpha value is -3.59. The maximum atomic E-state index is 13.5. The molecule has 9 heteroatoms. The summed E-state index contributed by atoms with van der Waals surface area (Å²) >= 11 is 0. The van der Waals surface area contributed by atoms with E-state index < -0.39 is 0 Å². The maximum absolute atomic E-state index is 13.5. The summed E-state index contributed by atoms with van der Waals surface area (Å²) in [6.45, 7) is 0.261. The minimum atomic E-state index is -0.360. The Morgan fingerprint density at radius 3 is 2.59 bits per heavy atom. The number of carbonyl (C=O) groups excluding carboxylic acids is 3. The van der Waals surface area contributed by atoms with Crippen molar-refractivity contribution in [3.8, 4) is 11.5 Å². The molecular weight excluding hydrogens is 498 g/mol. The number of hydrogen-bond donors (Lipinski definition) is 2. The van der Waals surface area contributed by atoms with Gasteiger partial charge in [-0.25, -0.2) is 0 Å². The smallest absolute Gasteiger partial charge is 0.257 e. The lowest BCUT2D eigenvalue weighted by atomic mass is 9.88. The van der Waals surface area contributed by atoms with Gasteiger partial charge >= 0.3 is 0 Å². The predicted molar refractivity (Wildman–Crippen MR) is 147 cm³/mol. The number of nitrogens with zero attached hydrogens (tertiary/aromatic N) is 1. The van der Waals surface area contributed by atoms with Gasteiger partial charge in [0.2, 0.25) is 11.8 Å². The van der Waals surface area contributed by atoms with E-state index in [0.29, 0.717) is 41.3 Å². The molecule has 2 aromatic carbocycles. The van der Waals surface area contributed by atoms with Crippen LogP contribution in [0.3, 0.4) is 0 Å². The molecule has 0 aromatic heterocycles.